The van der Waals surface area contributed by atoms with Gasteiger partial charge >= 0.3 is 0 Å². The zero-order valence-corrected chi connectivity index (χ0v) is 18.0. The first-order valence-corrected chi connectivity index (χ1v) is 10.5. The molecule has 3 aromatic rings. The van der Waals surface area contributed by atoms with Gasteiger partial charge in [0.15, 0.2) is 0 Å². The Morgan fingerprint density at radius 3 is 1.03 bits per heavy atom. The summed E-state index contributed by atoms with van der Waals surface area (Å²) in [5, 5.41) is 11.9. The van der Waals surface area contributed by atoms with Crippen molar-refractivity contribution < 1.29 is 0 Å². The van der Waals surface area contributed by atoms with Gasteiger partial charge in [0.25, 0.3) is 0 Å². The van der Waals surface area contributed by atoms with Gasteiger partial charge in [-0.2, -0.15) is 15.3 Å². The summed E-state index contributed by atoms with van der Waals surface area (Å²) in [5.74, 6) is 0. The Hall–Kier alpha value is -4.71. The number of fused-ring (bicyclic) bond motifs is 3. The van der Waals surface area contributed by atoms with Gasteiger partial charge in [0, 0.05) is 18.6 Å². The molecule has 6 heteroatoms. The van der Waals surface area contributed by atoms with E-state index in [4.69, 9.17) is 0 Å². The van der Waals surface area contributed by atoms with Crippen LogP contribution in [0.15, 0.2) is 106 Å². The van der Waals surface area contributed by atoms with E-state index in [1.807, 2.05) is 109 Å². The molecule has 3 N–H and O–H groups in total. The van der Waals surface area contributed by atoms with Crippen LogP contribution in [0.3, 0.4) is 0 Å². The maximum atomic E-state index is 3.95. The molecule has 33 heavy (non-hydrogen) atoms. The molecule has 0 aromatic heterocycles. The maximum Gasteiger partial charge on any atom is 0.0634 e. The highest BCUT2D eigenvalue weighted by Gasteiger charge is 1.98. The minimum absolute atomic E-state index is 1.05. The van der Waals surface area contributed by atoms with E-state index in [0.717, 1.165) is 17.1 Å². The number of benzene rings is 3. The molecule has 3 aliphatic rings. The third kappa shape index (κ3) is 6.38. The maximum absolute atomic E-state index is 3.95. The minimum Gasteiger partial charge on any atom is -0.278 e. The Bertz CT molecular complexity index is 1100. The number of anilines is 3. The van der Waals surface area contributed by atoms with Gasteiger partial charge in [-0.3, -0.25) is 16.3 Å². The van der Waals surface area contributed by atoms with Crippen LogP contribution >= 0.6 is 0 Å². The molecule has 6 nitrogen and oxygen atoms in total. The van der Waals surface area contributed by atoms with E-state index < -0.39 is 0 Å². The van der Waals surface area contributed by atoms with E-state index in [1.54, 1.807) is 18.6 Å². The van der Waals surface area contributed by atoms with Crippen LogP contribution < -0.4 is 16.3 Å². The molecule has 0 fully saturated rings. The van der Waals surface area contributed by atoms with Gasteiger partial charge in [0.2, 0.25) is 0 Å². The predicted molar refractivity (Wildman–Crippen MR) is 143 cm³/mol. The third-order valence-electron chi connectivity index (χ3n) is 4.75. The highest BCUT2D eigenvalue weighted by atomic mass is 15.3. The summed E-state index contributed by atoms with van der Waals surface area (Å²) in [4.78, 5) is 0. The lowest BCUT2D eigenvalue weighted by molar-refractivity contribution is 1.36. The van der Waals surface area contributed by atoms with Crippen molar-refractivity contribution >= 4 is 53.9 Å². The topological polar surface area (TPSA) is 73.2 Å². The fourth-order valence-corrected chi connectivity index (χ4v) is 3.12. The van der Waals surface area contributed by atoms with Crippen molar-refractivity contribution in [2.75, 3.05) is 16.3 Å². The standard InChI is InChI=1S/3C9H8N2/c3*1-2-6-9-8(4-1)5-3-7-10-11-9/h3*1-7,11H. The second kappa shape index (κ2) is 11.6. The van der Waals surface area contributed by atoms with Crippen molar-refractivity contribution in [2.24, 2.45) is 15.3 Å². The monoisotopic (exact) mass is 432 g/mol. The molecule has 162 valence electrons. The molecule has 3 heterocycles. The number of hydrogen-bond acceptors (Lipinski definition) is 6. The van der Waals surface area contributed by atoms with Crippen molar-refractivity contribution in [1.29, 1.82) is 0 Å². The fraction of sp³-hybridized carbons (Fsp3) is 0. The quantitative estimate of drug-likeness (QED) is 0.388. The lowest BCUT2D eigenvalue weighted by Gasteiger charge is -2.00. The Kier molecular flexibility index (Phi) is 7.58. The van der Waals surface area contributed by atoms with Crippen LogP contribution in [0, 0.1) is 0 Å². The zero-order chi connectivity index (χ0) is 22.6. The van der Waals surface area contributed by atoms with E-state index >= 15 is 0 Å². The van der Waals surface area contributed by atoms with Crippen molar-refractivity contribution in [3.8, 4) is 0 Å². The molecule has 0 bridgehead atoms. The summed E-state index contributed by atoms with van der Waals surface area (Å²) in [6.45, 7) is 0. The normalized spacial score (nSPS) is 13.5. The Morgan fingerprint density at radius 1 is 0.394 bits per heavy atom. The van der Waals surface area contributed by atoms with Crippen molar-refractivity contribution in [1.82, 2.24) is 0 Å². The molecule has 0 aliphatic carbocycles. The SMILES string of the molecule is C1=Cc2ccccc2NN=C1.C1=Cc2ccccc2NN=C1.C1=Cc2ccccc2NN=C1. The van der Waals surface area contributed by atoms with E-state index in [0.29, 0.717) is 0 Å². The summed E-state index contributed by atoms with van der Waals surface area (Å²) < 4.78 is 0. The lowest BCUT2D eigenvalue weighted by Crippen LogP contribution is -1.87. The van der Waals surface area contributed by atoms with Gasteiger partial charge in [-0.15, -0.1) is 0 Å². The Morgan fingerprint density at radius 2 is 0.697 bits per heavy atom. The Labute approximate surface area is 193 Å². The van der Waals surface area contributed by atoms with E-state index in [-0.39, 0.29) is 0 Å². The average Bonchev–Trinajstić information content (AvgIpc) is 3.36. The number of nitrogens with one attached hydrogen (secondary N) is 3. The molecule has 0 saturated heterocycles. The van der Waals surface area contributed by atoms with Crippen LogP contribution in [0.4, 0.5) is 17.1 Å². The van der Waals surface area contributed by atoms with Crippen LogP contribution in [-0.4, -0.2) is 18.6 Å². The highest BCUT2D eigenvalue weighted by molar-refractivity contribution is 5.85. The third-order valence-corrected chi connectivity index (χ3v) is 4.75. The van der Waals surface area contributed by atoms with Crippen LogP contribution in [0.1, 0.15) is 16.7 Å². The highest BCUT2D eigenvalue weighted by Crippen LogP contribution is 2.19. The minimum atomic E-state index is 1.05. The van der Waals surface area contributed by atoms with Gasteiger partial charge in [-0.05, 0) is 53.1 Å². The molecule has 0 unspecified atom stereocenters. The van der Waals surface area contributed by atoms with Crippen LogP contribution in [-0.2, 0) is 0 Å². The molecule has 0 atom stereocenters. The van der Waals surface area contributed by atoms with Crippen LogP contribution in [0.25, 0.3) is 18.2 Å². The van der Waals surface area contributed by atoms with Gasteiger partial charge in [-0.1, -0.05) is 72.8 Å². The molecular formula is C27H24N6. The van der Waals surface area contributed by atoms with E-state index in [1.165, 1.54) is 16.7 Å². The zero-order valence-electron chi connectivity index (χ0n) is 18.0. The second-order valence-corrected chi connectivity index (χ2v) is 7.01. The molecular weight excluding hydrogens is 408 g/mol. The van der Waals surface area contributed by atoms with Crippen molar-refractivity contribution in [2.45, 2.75) is 0 Å². The first-order valence-electron chi connectivity index (χ1n) is 10.5. The average molecular weight is 433 g/mol. The lowest BCUT2D eigenvalue weighted by atomic mass is 10.2. The summed E-state index contributed by atoms with van der Waals surface area (Å²) in [5.41, 5.74) is 15.5. The predicted octanol–water partition coefficient (Wildman–Crippen LogP) is 6.33. The smallest absolute Gasteiger partial charge is 0.0634 e. The first kappa shape index (κ1) is 21.5. The molecule has 0 radical (unpaired) electrons. The number of nitrogens with zero attached hydrogens (tertiary/aromatic N) is 3. The van der Waals surface area contributed by atoms with E-state index in [2.05, 4.69) is 31.6 Å². The summed E-state index contributed by atoms with van der Waals surface area (Å²) in [7, 11) is 0. The van der Waals surface area contributed by atoms with Gasteiger partial charge in [0.1, 0.15) is 0 Å². The molecule has 0 amide bonds. The summed E-state index contributed by atoms with van der Waals surface area (Å²) in [6, 6.07) is 24.1. The van der Waals surface area contributed by atoms with E-state index in [9.17, 15) is 0 Å². The fourth-order valence-electron chi connectivity index (χ4n) is 3.12. The van der Waals surface area contributed by atoms with Gasteiger partial charge < -0.3 is 0 Å². The number of rotatable bonds is 0. The number of hydrogen-bond donors (Lipinski definition) is 3. The van der Waals surface area contributed by atoms with Gasteiger partial charge in [0.05, 0.1) is 17.1 Å². The van der Waals surface area contributed by atoms with Crippen molar-refractivity contribution in [3.63, 3.8) is 0 Å². The van der Waals surface area contributed by atoms with Crippen molar-refractivity contribution in [3.05, 3.63) is 108 Å². The van der Waals surface area contributed by atoms with Crippen LogP contribution in [0.2, 0.25) is 0 Å². The molecule has 6 rings (SSSR count). The van der Waals surface area contributed by atoms with Gasteiger partial charge in [-0.25, -0.2) is 0 Å². The number of para-hydroxylation sites is 3. The summed E-state index contributed by atoms with van der Waals surface area (Å²) in [6.07, 6.45) is 17.0. The number of hydrazone groups is 3. The second-order valence-electron chi connectivity index (χ2n) is 7.01. The largest absolute Gasteiger partial charge is 0.278 e. The summed E-state index contributed by atoms with van der Waals surface area (Å²) >= 11 is 0. The molecule has 3 aliphatic heterocycles. The molecule has 3 aromatic carbocycles. The number of allylic oxidation sites excluding steroid dienone is 3. The molecule has 0 saturated carbocycles. The Balaban J connectivity index is 0.000000118. The van der Waals surface area contributed by atoms with Crippen LogP contribution in [0.5, 0.6) is 0 Å². The first-order chi connectivity index (χ1) is 16.4. The molecule has 0 spiro atoms.